The van der Waals surface area contributed by atoms with Crippen molar-refractivity contribution in [1.29, 1.82) is 0 Å². The Balaban J connectivity index is 2.24. The van der Waals surface area contributed by atoms with Gasteiger partial charge in [0.25, 0.3) is 5.91 Å². The van der Waals surface area contributed by atoms with E-state index in [4.69, 9.17) is 9.47 Å². The molecule has 0 heterocycles. The zero-order valence-electron chi connectivity index (χ0n) is 14.9. The molecule has 0 atom stereocenters. The van der Waals surface area contributed by atoms with Gasteiger partial charge in [-0.2, -0.15) is 0 Å². The lowest BCUT2D eigenvalue weighted by atomic mass is 10.1. The molecule has 0 saturated heterocycles. The van der Waals surface area contributed by atoms with E-state index in [0.717, 1.165) is 0 Å². The Morgan fingerprint density at radius 1 is 0.778 bits per heavy atom. The lowest BCUT2D eigenvalue weighted by Gasteiger charge is -2.10. The summed E-state index contributed by atoms with van der Waals surface area (Å²) in [5.74, 6) is -2.06. The summed E-state index contributed by atoms with van der Waals surface area (Å²) in [6.45, 7) is 2.42. The molecule has 0 radical (unpaired) electrons. The summed E-state index contributed by atoms with van der Waals surface area (Å²) in [6.07, 6.45) is 0. The van der Waals surface area contributed by atoms with Crippen LogP contribution >= 0.6 is 0 Å². The summed E-state index contributed by atoms with van der Waals surface area (Å²) in [5.41, 5.74) is 0.881. The first-order valence-corrected chi connectivity index (χ1v) is 7.80. The number of esters is 3. The number of hydrogen-bond donors (Lipinski definition) is 1. The minimum atomic E-state index is -0.584. The zero-order chi connectivity index (χ0) is 20.0. The number of benzene rings is 2. The van der Waals surface area contributed by atoms with E-state index in [0.29, 0.717) is 11.3 Å². The van der Waals surface area contributed by atoms with Gasteiger partial charge in [0.15, 0.2) is 0 Å². The maximum atomic E-state index is 12.5. The monoisotopic (exact) mass is 371 g/mol. The molecular weight excluding hydrogens is 354 g/mol. The number of ether oxygens (including phenoxy) is 3. The van der Waals surface area contributed by atoms with Gasteiger partial charge in [0.2, 0.25) is 0 Å². The van der Waals surface area contributed by atoms with Crippen molar-refractivity contribution >= 4 is 29.5 Å². The third-order valence-corrected chi connectivity index (χ3v) is 3.23. The van der Waals surface area contributed by atoms with Crippen LogP contribution in [0.5, 0.6) is 11.5 Å². The highest BCUT2D eigenvalue weighted by Crippen LogP contribution is 2.24. The van der Waals surface area contributed by atoms with Gasteiger partial charge in [-0.25, -0.2) is 4.79 Å². The van der Waals surface area contributed by atoms with E-state index in [2.05, 4.69) is 10.1 Å². The quantitative estimate of drug-likeness (QED) is 0.636. The van der Waals surface area contributed by atoms with Crippen LogP contribution in [0.25, 0.3) is 0 Å². The van der Waals surface area contributed by atoms with Gasteiger partial charge in [0.1, 0.15) is 11.5 Å². The summed E-state index contributed by atoms with van der Waals surface area (Å²) in [7, 11) is 1.27. The number of carbonyl (C=O) groups is 4. The molecule has 0 aliphatic heterocycles. The number of nitrogens with one attached hydrogen (secondary N) is 1. The van der Waals surface area contributed by atoms with Gasteiger partial charge in [-0.3, -0.25) is 14.4 Å². The van der Waals surface area contributed by atoms with Crippen molar-refractivity contribution in [3.63, 3.8) is 0 Å². The number of amides is 1. The number of hydrogen-bond acceptors (Lipinski definition) is 7. The van der Waals surface area contributed by atoms with Crippen LogP contribution in [0.2, 0.25) is 0 Å². The van der Waals surface area contributed by atoms with Gasteiger partial charge in [0, 0.05) is 31.2 Å². The Bertz CT molecular complexity index is 853. The molecule has 1 N–H and O–H groups in total. The molecule has 27 heavy (non-hydrogen) atoms. The first-order valence-electron chi connectivity index (χ1n) is 7.80. The average molecular weight is 371 g/mol. The van der Waals surface area contributed by atoms with E-state index < -0.39 is 23.8 Å². The minimum absolute atomic E-state index is 0.0624. The fraction of sp³-hybridized carbons (Fsp3) is 0.158. The molecule has 0 aliphatic carbocycles. The van der Waals surface area contributed by atoms with Crippen molar-refractivity contribution < 1.29 is 33.4 Å². The fourth-order valence-electron chi connectivity index (χ4n) is 2.16. The summed E-state index contributed by atoms with van der Waals surface area (Å²) in [6, 6.07) is 10.1. The van der Waals surface area contributed by atoms with E-state index in [1.807, 2.05) is 0 Å². The molecule has 0 saturated carbocycles. The normalized spacial score (nSPS) is 9.89. The maximum Gasteiger partial charge on any atom is 0.337 e. The highest BCUT2D eigenvalue weighted by Gasteiger charge is 2.13. The van der Waals surface area contributed by atoms with Crippen LogP contribution < -0.4 is 14.8 Å². The highest BCUT2D eigenvalue weighted by atomic mass is 16.5. The second kappa shape index (κ2) is 8.61. The molecule has 140 valence electrons. The third-order valence-electron chi connectivity index (χ3n) is 3.23. The van der Waals surface area contributed by atoms with E-state index >= 15 is 0 Å². The molecular formula is C19H17NO7. The fourth-order valence-corrected chi connectivity index (χ4v) is 2.16. The molecule has 2 rings (SSSR count). The molecule has 2 aromatic carbocycles. The lowest BCUT2D eigenvalue weighted by molar-refractivity contribution is -0.132. The smallest absolute Gasteiger partial charge is 0.337 e. The van der Waals surface area contributed by atoms with E-state index in [-0.39, 0.29) is 17.1 Å². The van der Waals surface area contributed by atoms with Crippen molar-refractivity contribution in [3.05, 3.63) is 53.6 Å². The van der Waals surface area contributed by atoms with Crippen molar-refractivity contribution in [3.8, 4) is 11.5 Å². The number of rotatable bonds is 5. The minimum Gasteiger partial charge on any atom is -0.465 e. The Kier molecular flexibility index (Phi) is 6.27. The molecule has 0 aromatic heterocycles. The maximum absolute atomic E-state index is 12.5. The van der Waals surface area contributed by atoms with Crippen LogP contribution in [-0.2, 0) is 14.3 Å². The number of carbonyl (C=O) groups excluding carboxylic acids is 4. The SMILES string of the molecule is COC(=O)c1ccc(NC(=O)c2cc(OC(C)=O)cc(OC(C)=O)c2)cc1. The predicted molar refractivity (Wildman–Crippen MR) is 94.8 cm³/mol. The van der Waals surface area contributed by atoms with E-state index in [1.54, 1.807) is 0 Å². The first-order chi connectivity index (χ1) is 12.8. The average Bonchev–Trinajstić information content (AvgIpc) is 2.60. The van der Waals surface area contributed by atoms with Gasteiger partial charge in [-0.1, -0.05) is 0 Å². The van der Waals surface area contributed by atoms with E-state index in [1.165, 1.54) is 63.4 Å². The summed E-state index contributed by atoms with van der Waals surface area (Å²) < 4.78 is 14.5. The Morgan fingerprint density at radius 3 is 1.74 bits per heavy atom. The van der Waals surface area contributed by atoms with Crippen LogP contribution in [0.1, 0.15) is 34.6 Å². The van der Waals surface area contributed by atoms with E-state index in [9.17, 15) is 19.2 Å². The molecule has 8 heteroatoms. The standard InChI is InChI=1S/C19H17NO7/c1-11(21)26-16-8-14(9-17(10-16)27-12(2)22)18(23)20-15-6-4-13(5-7-15)19(24)25-3/h4-10H,1-3H3,(H,20,23). The van der Waals surface area contributed by atoms with Gasteiger partial charge in [0.05, 0.1) is 12.7 Å². The Hall–Kier alpha value is -3.68. The molecule has 1 amide bonds. The van der Waals surface area contributed by atoms with Crippen LogP contribution in [0.4, 0.5) is 5.69 Å². The summed E-state index contributed by atoms with van der Waals surface area (Å²) >= 11 is 0. The first kappa shape index (κ1) is 19.6. The van der Waals surface area contributed by atoms with Crippen molar-refractivity contribution in [2.24, 2.45) is 0 Å². The van der Waals surface area contributed by atoms with Crippen LogP contribution in [0.15, 0.2) is 42.5 Å². The largest absolute Gasteiger partial charge is 0.465 e. The zero-order valence-corrected chi connectivity index (χ0v) is 14.9. The molecule has 8 nitrogen and oxygen atoms in total. The predicted octanol–water partition coefficient (Wildman–Crippen LogP) is 2.58. The molecule has 0 aliphatic rings. The van der Waals surface area contributed by atoms with Crippen molar-refractivity contribution in [2.45, 2.75) is 13.8 Å². The van der Waals surface area contributed by atoms with Crippen molar-refractivity contribution in [1.82, 2.24) is 0 Å². The summed E-state index contributed by atoms with van der Waals surface area (Å²) in [5, 5.41) is 2.63. The summed E-state index contributed by atoms with van der Waals surface area (Å²) in [4.78, 5) is 46.2. The highest BCUT2D eigenvalue weighted by molar-refractivity contribution is 6.05. The molecule has 0 fully saturated rings. The van der Waals surface area contributed by atoms with Gasteiger partial charge in [-0.05, 0) is 36.4 Å². The Labute approximate surface area is 155 Å². The third kappa shape index (κ3) is 5.67. The molecule has 0 unspecified atom stereocenters. The number of anilines is 1. The Morgan fingerprint density at radius 2 is 1.30 bits per heavy atom. The lowest BCUT2D eigenvalue weighted by Crippen LogP contribution is -2.13. The topological polar surface area (TPSA) is 108 Å². The van der Waals surface area contributed by atoms with Crippen molar-refractivity contribution in [2.75, 3.05) is 12.4 Å². The van der Waals surface area contributed by atoms with Gasteiger partial charge < -0.3 is 19.5 Å². The van der Waals surface area contributed by atoms with Gasteiger partial charge in [-0.15, -0.1) is 0 Å². The second-order valence-electron chi connectivity index (χ2n) is 5.40. The molecule has 0 bridgehead atoms. The van der Waals surface area contributed by atoms with Crippen LogP contribution in [0, 0.1) is 0 Å². The second-order valence-corrected chi connectivity index (χ2v) is 5.40. The van der Waals surface area contributed by atoms with Crippen LogP contribution in [-0.4, -0.2) is 30.9 Å². The van der Waals surface area contributed by atoms with Crippen LogP contribution in [0.3, 0.4) is 0 Å². The molecule has 0 spiro atoms. The number of methoxy groups -OCH3 is 1. The molecule has 2 aromatic rings. The van der Waals surface area contributed by atoms with Gasteiger partial charge >= 0.3 is 17.9 Å².